The third kappa shape index (κ3) is 3.52. The molecule has 1 amide bonds. The zero-order valence-electron chi connectivity index (χ0n) is 14.7. The summed E-state index contributed by atoms with van der Waals surface area (Å²) in [6, 6.07) is 11.5. The van der Waals surface area contributed by atoms with Crippen molar-refractivity contribution in [3.8, 4) is 6.07 Å². The van der Waals surface area contributed by atoms with Gasteiger partial charge in [-0.15, -0.1) is 0 Å². The zero-order valence-corrected chi connectivity index (χ0v) is 14.7. The topological polar surface area (TPSA) is 98.9 Å². The van der Waals surface area contributed by atoms with Gasteiger partial charge in [-0.2, -0.15) is 5.26 Å². The lowest BCUT2D eigenvalue weighted by Gasteiger charge is -2.10. The number of nitrogens with one attached hydrogen (secondary N) is 2. The van der Waals surface area contributed by atoms with Crippen LogP contribution in [0, 0.1) is 25.2 Å². The summed E-state index contributed by atoms with van der Waals surface area (Å²) in [5, 5.41) is 12.9. The molecular formula is C20H19N3O3. The lowest BCUT2D eigenvalue weighted by atomic mass is 9.99. The molecule has 2 N–H and O–H groups in total. The molecule has 0 saturated carbocycles. The first kappa shape index (κ1) is 17.5. The fourth-order valence-electron chi connectivity index (χ4n) is 3.06. The summed E-state index contributed by atoms with van der Waals surface area (Å²) in [7, 11) is 0. The van der Waals surface area contributed by atoms with Gasteiger partial charge in [-0.3, -0.25) is 9.59 Å². The van der Waals surface area contributed by atoms with Crippen molar-refractivity contribution in [2.24, 2.45) is 0 Å². The standard InChI is InChI=1S/C20H19N3O3/c1-12-16(13(2)23-20(25)17(12)10-21)7-8-19(24)22-11-15-9-14-5-3-4-6-18(14)26-15/h3-6,9H,7-8,11H2,1-2H3,(H,22,24)(H,23,25). The van der Waals surface area contributed by atoms with Crippen molar-refractivity contribution < 1.29 is 9.21 Å². The summed E-state index contributed by atoms with van der Waals surface area (Å²) >= 11 is 0. The van der Waals surface area contributed by atoms with Crippen LogP contribution in [0.25, 0.3) is 11.0 Å². The number of aryl methyl sites for hydroxylation is 1. The quantitative estimate of drug-likeness (QED) is 0.740. The van der Waals surface area contributed by atoms with Gasteiger partial charge in [0, 0.05) is 17.5 Å². The highest BCUT2D eigenvalue weighted by Gasteiger charge is 2.13. The molecule has 132 valence electrons. The maximum Gasteiger partial charge on any atom is 0.266 e. The van der Waals surface area contributed by atoms with Crippen LogP contribution in [0.15, 0.2) is 39.5 Å². The maximum atomic E-state index is 12.2. The molecule has 0 aliphatic rings. The molecule has 3 rings (SSSR count). The van der Waals surface area contributed by atoms with Crippen molar-refractivity contribution in [2.75, 3.05) is 0 Å². The van der Waals surface area contributed by atoms with Gasteiger partial charge in [-0.05, 0) is 43.5 Å². The minimum atomic E-state index is -0.388. The molecule has 0 aliphatic heterocycles. The number of aromatic nitrogens is 1. The average Bonchev–Trinajstić information content (AvgIpc) is 3.02. The SMILES string of the molecule is Cc1[nH]c(=O)c(C#N)c(C)c1CCC(=O)NCc1cc2ccccc2o1. The molecular weight excluding hydrogens is 330 g/mol. The van der Waals surface area contributed by atoms with E-state index in [9.17, 15) is 9.59 Å². The van der Waals surface area contributed by atoms with E-state index in [0.717, 1.165) is 16.5 Å². The highest BCUT2D eigenvalue weighted by Crippen LogP contribution is 2.19. The summed E-state index contributed by atoms with van der Waals surface area (Å²) in [5.41, 5.74) is 2.67. The van der Waals surface area contributed by atoms with E-state index in [0.29, 0.717) is 30.0 Å². The fourth-order valence-corrected chi connectivity index (χ4v) is 3.06. The van der Waals surface area contributed by atoms with E-state index in [4.69, 9.17) is 9.68 Å². The number of nitrogens with zero attached hydrogens (tertiary/aromatic N) is 1. The van der Waals surface area contributed by atoms with Crippen LogP contribution in [-0.4, -0.2) is 10.9 Å². The van der Waals surface area contributed by atoms with Crippen LogP contribution in [0.4, 0.5) is 0 Å². The summed E-state index contributed by atoms with van der Waals surface area (Å²) in [6.45, 7) is 3.83. The number of carbonyl (C=O) groups excluding carboxylic acids is 1. The number of nitriles is 1. The normalized spacial score (nSPS) is 10.7. The van der Waals surface area contributed by atoms with Crippen LogP contribution in [0.2, 0.25) is 0 Å². The molecule has 2 aromatic heterocycles. The Morgan fingerprint density at radius 3 is 2.81 bits per heavy atom. The molecule has 0 unspecified atom stereocenters. The number of amides is 1. The minimum Gasteiger partial charge on any atom is -0.459 e. The predicted molar refractivity (Wildman–Crippen MR) is 97.6 cm³/mol. The average molecular weight is 349 g/mol. The van der Waals surface area contributed by atoms with Gasteiger partial charge in [0.2, 0.25) is 5.91 Å². The number of rotatable bonds is 5. The van der Waals surface area contributed by atoms with Crippen molar-refractivity contribution in [3.63, 3.8) is 0 Å². The van der Waals surface area contributed by atoms with Crippen LogP contribution in [0.5, 0.6) is 0 Å². The molecule has 6 heteroatoms. The molecule has 0 saturated heterocycles. The van der Waals surface area contributed by atoms with Gasteiger partial charge < -0.3 is 14.7 Å². The van der Waals surface area contributed by atoms with Gasteiger partial charge in [-0.1, -0.05) is 18.2 Å². The van der Waals surface area contributed by atoms with E-state index >= 15 is 0 Å². The Kier molecular flexibility index (Phi) is 4.90. The van der Waals surface area contributed by atoms with Crippen LogP contribution in [0.3, 0.4) is 0 Å². The van der Waals surface area contributed by atoms with E-state index in [-0.39, 0.29) is 23.5 Å². The number of carbonyl (C=O) groups is 1. The molecule has 0 atom stereocenters. The Hall–Kier alpha value is -3.33. The van der Waals surface area contributed by atoms with Gasteiger partial charge >= 0.3 is 0 Å². The van der Waals surface area contributed by atoms with E-state index in [1.165, 1.54) is 0 Å². The number of hydrogen-bond acceptors (Lipinski definition) is 4. The number of H-pyrrole nitrogens is 1. The first-order valence-electron chi connectivity index (χ1n) is 8.36. The molecule has 26 heavy (non-hydrogen) atoms. The molecule has 6 nitrogen and oxygen atoms in total. The molecule has 0 fully saturated rings. The summed E-state index contributed by atoms with van der Waals surface area (Å²) < 4.78 is 5.67. The van der Waals surface area contributed by atoms with Crippen molar-refractivity contribution in [2.45, 2.75) is 33.2 Å². The van der Waals surface area contributed by atoms with Gasteiger partial charge in [0.15, 0.2) is 0 Å². The van der Waals surface area contributed by atoms with Gasteiger partial charge in [-0.25, -0.2) is 0 Å². The second kappa shape index (κ2) is 7.28. The number of fused-ring (bicyclic) bond motifs is 1. The van der Waals surface area contributed by atoms with Crippen LogP contribution in [-0.2, 0) is 17.8 Å². The highest BCUT2D eigenvalue weighted by molar-refractivity contribution is 5.78. The largest absolute Gasteiger partial charge is 0.459 e. The monoisotopic (exact) mass is 349 g/mol. The molecule has 0 spiro atoms. The summed E-state index contributed by atoms with van der Waals surface area (Å²) in [5.74, 6) is 0.580. The number of furan rings is 1. The highest BCUT2D eigenvalue weighted by atomic mass is 16.3. The summed E-state index contributed by atoms with van der Waals surface area (Å²) in [4.78, 5) is 26.6. The molecule has 3 aromatic rings. The fraction of sp³-hybridized carbons (Fsp3) is 0.250. The number of para-hydroxylation sites is 1. The molecule has 0 radical (unpaired) electrons. The maximum absolute atomic E-state index is 12.2. The lowest BCUT2D eigenvalue weighted by molar-refractivity contribution is -0.121. The van der Waals surface area contributed by atoms with Gasteiger partial charge in [0.25, 0.3) is 5.56 Å². The molecule has 0 bridgehead atoms. The lowest BCUT2D eigenvalue weighted by Crippen LogP contribution is -2.23. The second-order valence-corrected chi connectivity index (χ2v) is 6.20. The Morgan fingerprint density at radius 2 is 2.08 bits per heavy atom. The van der Waals surface area contributed by atoms with Crippen LogP contribution in [0.1, 0.15) is 34.6 Å². The zero-order chi connectivity index (χ0) is 18.7. The van der Waals surface area contributed by atoms with E-state index in [1.54, 1.807) is 13.8 Å². The van der Waals surface area contributed by atoms with Gasteiger partial charge in [0.1, 0.15) is 23.0 Å². The third-order valence-electron chi connectivity index (χ3n) is 4.46. The number of benzene rings is 1. The number of hydrogen-bond donors (Lipinski definition) is 2. The first-order valence-corrected chi connectivity index (χ1v) is 8.36. The molecule has 1 aromatic carbocycles. The second-order valence-electron chi connectivity index (χ2n) is 6.20. The number of aromatic amines is 1. The van der Waals surface area contributed by atoms with Crippen molar-refractivity contribution in [1.29, 1.82) is 5.26 Å². The third-order valence-corrected chi connectivity index (χ3v) is 4.46. The number of pyridine rings is 1. The van der Waals surface area contributed by atoms with E-state index < -0.39 is 0 Å². The predicted octanol–water partition coefficient (Wildman–Crippen LogP) is 2.86. The van der Waals surface area contributed by atoms with Crippen LogP contribution < -0.4 is 10.9 Å². The summed E-state index contributed by atoms with van der Waals surface area (Å²) in [6.07, 6.45) is 0.716. The Bertz CT molecular complexity index is 1040. The minimum absolute atomic E-state index is 0.105. The molecule has 0 aliphatic carbocycles. The van der Waals surface area contributed by atoms with E-state index in [1.807, 2.05) is 36.4 Å². The Labute approximate surface area is 150 Å². The Balaban J connectivity index is 1.63. The van der Waals surface area contributed by atoms with Crippen molar-refractivity contribution in [1.82, 2.24) is 10.3 Å². The van der Waals surface area contributed by atoms with Crippen LogP contribution >= 0.6 is 0 Å². The van der Waals surface area contributed by atoms with Crippen molar-refractivity contribution >= 4 is 16.9 Å². The van der Waals surface area contributed by atoms with Crippen molar-refractivity contribution in [3.05, 3.63) is 68.8 Å². The Morgan fingerprint density at radius 1 is 1.31 bits per heavy atom. The van der Waals surface area contributed by atoms with E-state index in [2.05, 4.69) is 10.3 Å². The van der Waals surface area contributed by atoms with Gasteiger partial charge in [0.05, 0.1) is 6.54 Å². The first-order chi connectivity index (χ1) is 12.5. The molecule has 2 heterocycles. The smallest absolute Gasteiger partial charge is 0.266 e.